The minimum atomic E-state index is -0.993. The van der Waals surface area contributed by atoms with Gasteiger partial charge in [0.15, 0.2) is 0 Å². The standard InChI is InChI=1S/C16H16BrN3O3/c1-10(20-7-3-6-18-20)15(21)19-9-11-4-2-5-13(17)12(11)8-14(19)16(22)23/h2-7,10,14H,8-9H2,1H3,(H,22,23). The Bertz CT molecular complexity index is 745. The van der Waals surface area contributed by atoms with Crippen LogP contribution < -0.4 is 0 Å². The van der Waals surface area contributed by atoms with Gasteiger partial charge in [-0.1, -0.05) is 28.1 Å². The molecule has 2 heterocycles. The molecule has 1 aliphatic heterocycles. The van der Waals surface area contributed by atoms with Crippen molar-refractivity contribution in [3.63, 3.8) is 0 Å². The van der Waals surface area contributed by atoms with Gasteiger partial charge in [-0.25, -0.2) is 4.79 Å². The van der Waals surface area contributed by atoms with Gasteiger partial charge in [-0.3, -0.25) is 9.48 Å². The van der Waals surface area contributed by atoms with Crippen LogP contribution in [-0.4, -0.2) is 37.7 Å². The van der Waals surface area contributed by atoms with E-state index < -0.39 is 18.1 Å². The SMILES string of the molecule is CC(C(=O)N1Cc2cccc(Br)c2CC1C(=O)O)n1cccn1. The molecule has 1 N–H and O–H groups in total. The summed E-state index contributed by atoms with van der Waals surface area (Å²) in [6, 6.07) is 6.04. The van der Waals surface area contributed by atoms with Crippen molar-refractivity contribution in [2.24, 2.45) is 0 Å². The van der Waals surface area contributed by atoms with Crippen molar-refractivity contribution in [3.05, 3.63) is 52.3 Å². The first-order valence-corrected chi connectivity index (χ1v) is 8.07. The predicted molar refractivity (Wildman–Crippen MR) is 86.8 cm³/mol. The van der Waals surface area contributed by atoms with E-state index in [2.05, 4.69) is 21.0 Å². The summed E-state index contributed by atoms with van der Waals surface area (Å²) in [5.41, 5.74) is 1.92. The third-order valence-corrected chi connectivity index (χ3v) is 4.92. The summed E-state index contributed by atoms with van der Waals surface area (Å²) in [6.45, 7) is 2.01. The number of benzene rings is 1. The molecule has 0 saturated heterocycles. The maximum absolute atomic E-state index is 12.8. The van der Waals surface area contributed by atoms with E-state index in [9.17, 15) is 14.7 Å². The van der Waals surface area contributed by atoms with Gasteiger partial charge in [-0.05, 0) is 30.2 Å². The van der Waals surface area contributed by atoms with Crippen LogP contribution in [0.3, 0.4) is 0 Å². The van der Waals surface area contributed by atoms with E-state index in [0.717, 1.165) is 15.6 Å². The van der Waals surface area contributed by atoms with Crippen LogP contribution in [0.4, 0.5) is 0 Å². The second kappa shape index (κ2) is 6.16. The molecule has 0 fully saturated rings. The average molecular weight is 378 g/mol. The minimum absolute atomic E-state index is 0.244. The van der Waals surface area contributed by atoms with Crippen LogP contribution in [0.2, 0.25) is 0 Å². The number of carbonyl (C=O) groups excluding carboxylic acids is 1. The number of aliphatic carboxylic acids is 1. The fourth-order valence-electron chi connectivity index (χ4n) is 2.89. The summed E-state index contributed by atoms with van der Waals surface area (Å²) in [4.78, 5) is 25.9. The molecular formula is C16H16BrN3O3. The van der Waals surface area contributed by atoms with Gasteiger partial charge in [0.2, 0.25) is 5.91 Å². The second-order valence-electron chi connectivity index (χ2n) is 5.56. The highest BCUT2D eigenvalue weighted by molar-refractivity contribution is 9.10. The summed E-state index contributed by atoms with van der Waals surface area (Å²) in [5.74, 6) is -1.24. The lowest BCUT2D eigenvalue weighted by Crippen LogP contribution is -2.50. The molecule has 1 aromatic heterocycles. The van der Waals surface area contributed by atoms with Gasteiger partial charge in [0, 0.05) is 29.8 Å². The Morgan fingerprint density at radius 1 is 1.39 bits per heavy atom. The minimum Gasteiger partial charge on any atom is -0.480 e. The maximum atomic E-state index is 12.8. The van der Waals surface area contributed by atoms with Gasteiger partial charge in [0.25, 0.3) is 0 Å². The first-order valence-electron chi connectivity index (χ1n) is 7.27. The molecule has 0 spiro atoms. The van der Waals surface area contributed by atoms with Gasteiger partial charge in [0.05, 0.1) is 0 Å². The fourth-order valence-corrected chi connectivity index (χ4v) is 3.46. The molecule has 1 aliphatic rings. The Morgan fingerprint density at radius 2 is 2.17 bits per heavy atom. The van der Waals surface area contributed by atoms with E-state index in [1.807, 2.05) is 18.2 Å². The van der Waals surface area contributed by atoms with E-state index >= 15 is 0 Å². The van der Waals surface area contributed by atoms with E-state index in [-0.39, 0.29) is 12.5 Å². The number of hydrogen-bond donors (Lipinski definition) is 1. The zero-order valence-electron chi connectivity index (χ0n) is 12.5. The predicted octanol–water partition coefficient (Wildman–Crippen LogP) is 2.24. The molecule has 120 valence electrons. The topological polar surface area (TPSA) is 75.4 Å². The first-order chi connectivity index (χ1) is 11.0. The Kier molecular flexibility index (Phi) is 4.21. The molecule has 23 heavy (non-hydrogen) atoms. The highest BCUT2D eigenvalue weighted by Gasteiger charge is 2.37. The number of halogens is 1. The first kappa shape index (κ1) is 15.7. The van der Waals surface area contributed by atoms with E-state index in [0.29, 0.717) is 6.42 Å². The molecule has 1 amide bonds. The number of rotatable bonds is 3. The number of carbonyl (C=O) groups is 2. The van der Waals surface area contributed by atoms with Crippen molar-refractivity contribution < 1.29 is 14.7 Å². The lowest BCUT2D eigenvalue weighted by molar-refractivity contribution is -0.152. The van der Waals surface area contributed by atoms with Crippen LogP contribution in [0.5, 0.6) is 0 Å². The molecule has 2 atom stereocenters. The van der Waals surface area contributed by atoms with Crippen LogP contribution in [0.25, 0.3) is 0 Å². The zero-order chi connectivity index (χ0) is 16.6. The third kappa shape index (κ3) is 2.88. The molecule has 0 radical (unpaired) electrons. The van der Waals surface area contributed by atoms with Crippen LogP contribution >= 0.6 is 15.9 Å². The van der Waals surface area contributed by atoms with Gasteiger partial charge in [0.1, 0.15) is 12.1 Å². The highest BCUT2D eigenvalue weighted by Crippen LogP contribution is 2.30. The Balaban J connectivity index is 1.94. The normalized spacial score (nSPS) is 18.3. The number of amides is 1. The van der Waals surface area contributed by atoms with Gasteiger partial charge < -0.3 is 10.0 Å². The monoisotopic (exact) mass is 377 g/mol. The summed E-state index contributed by atoms with van der Waals surface area (Å²) in [7, 11) is 0. The molecule has 0 aliphatic carbocycles. The zero-order valence-corrected chi connectivity index (χ0v) is 14.1. The highest BCUT2D eigenvalue weighted by atomic mass is 79.9. The molecule has 7 heteroatoms. The van der Waals surface area contributed by atoms with Crippen molar-refractivity contribution in [2.75, 3.05) is 0 Å². The lowest BCUT2D eigenvalue weighted by atomic mass is 9.93. The summed E-state index contributed by atoms with van der Waals surface area (Å²) in [5, 5.41) is 13.6. The maximum Gasteiger partial charge on any atom is 0.326 e. The van der Waals surface area contributed by atoms with Crippen molar-refractivity contribution in [2.45, 2.75) is 32.0 Å². The third-order valence-electron chi connectivity index (χ3n) is 4.18. The molecule has 1 aromatic carbocycles. The number of hydrogen-bond acceptors (Lipinski definition) is 3. The summed E-state index contributed by atoms with van der Waals surface area (Å²) >= 11 is 3.47. The number of aromatic nitrogens is 2. The number of carboxylic acid groups (broad SMARTS) is 1. The number of carboxylic acids is 1. The van der Waals surface area contributed by atoms with Crippen LogP contribution in [0.1, 0.15) is 24.1 Å². The van der Waals surface area contributed by atoms with E-state index in [1.165, 1.54) is 9.58 Å². The summed E-state index contributed by atoms with van der Waals surface area (Å²) < 4.78 is 2.42. The smallest absolute Gasteiger partial charge is 0.326 e. The molecule has 2 aromatic rings. The van der Waals surface area contributed by atoms with Gasteiger partial charge in [-0.15, -0.1) is 0 Å². The number of nitrogens with zero attached hydrogens (tertiary/aromatic N) is 3. The van der Waals surface area contributed by atoms with E-state index in [4.69, 9.17) is 0 Å². The van der Waals surface area contributed by atoms with Crippen LogP contribution in [0, 0.1) is 0 Å². The van der Waals surface area contributed by atoms with E-state index in [1.54, 1.807) is 25.4 Å². The van der Waals surface area contributed by atoms with Crippen molar-refractivity contribution >= 4 is 27.8 Å². The van der Waals surface area contributed by atoms with Crippen molar-refractivity contribution in [1.82, 2.24) is 14.7 Å². The quantitative estimate of drug-likeness (QED) is 0.889. The van der Waals surface area contributed by atoms with Crippen LogP contribution in [-0.2, 0) is 22.6 Å². The Labute approximate surface area is 141 Å². The molecule has 0 bridgehead atoms. The Morgan fingerprint density at radius 3 is 2.83 bits per heavy atom. The van der Waals surface area contributed by atoms with Crippen molar-refractivity contribution in [3.8, 4) is 0 Å². The average Bonchev–Trinajstić information content (AvgIpc) is 3.07. The second-order valence-corrected chi connectivity index (χ2v) is 6.42. The van der Waals surface area contributed by atoms with Crippen LogP contribution in [0.15, 0.2) is 41.1 Å². The fraction of sp³-hybridized carbons (Fsp3) is 0.312. The van der Waals surface area contributed by atoms with Gasteiger partial charge in [-0.2, -0.15) is 5.10 Å². The molecule has 0 saturated carbocycles. The number of fused-ring (bicyclic) bond motifs is 1. The Hall–Kier alpha value is -2.15. The van der Waals surface area contributed by atoms with Crippen molar-refractivity contribution in [1.29, 1.82) is 0 Å². The molecule has 6 nitrogen and oxygen atoms in total. The summed E-state index contributed by atoms with van der Waals surface area (Å²) in [6.07, 6.45) is 3.59. The lowest BCUT2D eigenvalue weighted by Gasteiger charge is -2.36. The van der Waals surface area contributed by atoms with Gasteiger partial charge >= 0.3 is 5.97 Å². The molecule has 2 unspecified atom stereocenters. The molecule has 3 rings (SSSR count). The molecular weight excluding hydrogens is 362 g/mol. The largest absolute Gasteiger partial charge is 0.480 e.